The van der Waals surface area contributed by atoms with Gasteiger partial charge in [0.05, 0.1) is 16.5 Å². The van der Waals surface area contributed by atoms with Crippen molar-refractivity contribution in [1.82, 2.24) is 14.6 Å². The maximum atomic E-state index is 11.6. The lowest BCUT2D eigenvalue weighted by molar-refractivity contribution is 0.543. The number of nitrogens with zero attached hydrogens (tertiary/aromatic N) is 3. The van der Waals surface area contributed by atoms with Crippen LogP contribution in [-0.4, -0.2) is 34.5 Å². The summed E-state index contributed by atoms with van der Waals surface area (Å²) in [6.07, 6.45) is 3.18. The molecular weight excluding hydrogens is 274 g/mol. The quantitative estimate of drug-likeness (QED) is 0.799. The van der Waals surface area contributed by atoms with Gasteiger partial charge in [-0.2, -0.15) is 5.10 Å². The third-order valence-electron chi connectivity index (χ3n) is 3.14. The van der Waals surface area contributed by atoms with Crippen LogP contribution in [0.15, 0.2) is 18.3 Å². The van der Waals surface area contributed by atoms with E-state index in [0.717, 1.165) is 6.42 Å². The fourth-order valence-electron chi connectivity index (χ4n) is 2.27. The summed E-state index contributed by atoms with van der Waals surface area (Å²) in [5.41, 5.74) is 0.692. The van der Waals surface area contributed by atoms with Crippen LogP contribution >= 0.6 is 11.6 Å². The van der Waals surface area contributed by atoms with Crippen LogP contribution in [0.3, 0.4) is 0 Å². The monoisotopic (exact) mass is 285 g/mol. The van der Waals surface area contributed by atoms with Crippen molar-refractivity contribution in [3.63, 3.8) is 0 Å². The van der Waals surface area contributed by atoms with Gasteiger partial charge < -0.3 is 0 Å². The molecule has 0 aliphatic carbocycles. The SMILES string of the molecule is O=S1(=O)CCCC(c2nc3ccc(Cl)cn3n2)C1. The van der Waals surface area contributed by atoms with Gasteiger partial charge in [0.1, 0.15) is 0 Å². The van der Waals surface area contributed by atoms with Crippen molar-refractivity contribution < 1.29 is 8.42 Å². The van der Waals surface area contributed by atoms with Gasteiger partial charge in [-0.15, -0.1) is 0 Å². The second kappa shape index (κ2) is 4.20. The predicted octanol–water partition coefficient (Wildman–Crippen LogP) is 1.67. The normalized spacial score (nSPS) is 23.3. The summed E-state index contributed by atoms with van der Waals surface area (Å²) >= 11 is 5.87. The van der Waals surface area contributed by atoms with Gasteiger partial charge in [0, 0.05) is 12.1 Å². The van der Waals surface area contributed by atoms with Gasteiger partial charge in [-0.25, -0.2) is 17.9 Å². The fourth-order valence-corrected chi connectivity index (χ4v) is 4.13. The van der Waals surface area contributed by atoms with E-state index in [4.69, 9.17) is 11.6 Å². The van der Waals surface area contributed by atoms with Crippen molar-refractivity contribution in [3.05, 3.63) is 29.2 Å². The summed E-state index contributed by atoms with van der Waals surface area (Å²) in [4.78, 5) is 4.37. The number of hydrogen-bond donors (Lipinski definition) is 0. The van der Waals surface area contributed by atoms with Gasteiger partial charge in [0.15, 0.2) is 21.3 Å². The summed E-state index contributed by atoms with van der Waals surface area (Å²) < 4.78 is 24.8. The van der Waals surface area contributed by atoms with Gasteiger partial charge in [-0.05, 0) is 25.0 Å². The standard InChI is InChI=1S/C11H12ClN3O2S/c12-9-3-4-10-13-11(14-15(10)6-9)8-2-1-5-18(16,17)7-8/h3-4,6,8H,1-2,5,7H2. The summed E-state index contributed by atoms with van der Waals surface area (Å²) in [7, 11) is -2.94. The predicted molar refractivity (Wildman–Crippen MR) is 68.6 cm³/mol. The molecule has 7 heteroatoms. The Morgan fingerprint density at radius 3 is 3.00 bits per heavy atom. The average Bonchev–Trinajstić information content (AvgIpc) is 2.70. The molecule has 1 aliphatic rings. The third kappa shape index (κ3) is 2.22. The minimum Gasteiger partial charge on any atom is -0.229 e. The number of aromatic nitrogens is 3. The van der Waals surface area contributed by atoms with Gasteiger partial charge in [-0.1, -0.05) is 11.6 Å². The zero-order valence-corrected chi connectivity index (χ0v) is 11.2. The van der Waals surface area contributed by atoms with E-state index in [1.807, 2.05) is 0 Å². The Balaban J connectivity index is 1.99. The molecule has 96 valence electrons. The lowest BCUT2D eigenvalue weighted by atomic mass is 10.1. The molecule has 18 heavy (non-hydrogen) atoms. The highest BCUT2D eigenvalue weighted by molar-refractivity contribution is 7.91. The minimum atomic E-state index is -2.94. The molecule has 1 aliphatic heterocycles. The highest BCUT2D eigenvalue weighted by atomic mass is 35.5. The van der Waals surface area contributed by atoms with Crippen molar-refractivity contribution in [3.8, 4) is 0 Å². The molecule has 0 saturated carbocycles. The van der Waals surface area contributed by atoms with E-state index in [-0.39, 0.29) is 17.4 Å². The highest BCUT2D eigenvalue weighted by Gasteiger charge is 2.28. The number of sulfone groups is 1. The van der Waals surface area contributed by atoms with Crippen molar-refractivity contribution in [2.24, 2.45) is 0 Å². The van der Waals surface area contributed by atoms with Gasteiger partial charge in [-0.3, -0.25) is 0 Å². The van der Waals surface area contributed by atoms with E-state index >= 15 is 0 Å². The van der Waals surface area contributed by atoms with E-state index < -0.39 is 9.84 Å². The Labute approximate surface area is 110 Å². The molecule has 1 unspecified atom stereocenters. The van der Waals surface area contributed by atoms with Crippen molar-refractivity contribution in [1.29, 1.82) is 0 Å². The van der Waals surface area contributed by atoms with E-state index in [2.05, 4.69) is 10.1 Å². The van der Waals surface area contributed by atoms with Crippen LogP contribution < -0.4 is 0 Å². The van der Waals surface area contributed by atoms with E-state index in [0.29, 0.717) is 22.9 Å². The molecular formula is C11H12ClN3O2S. The van der Waals surface area contributed by atoms with Crippen LogP contribution in [0.4, 0.5) is 0 Å². The molecule has 1 fully saturated rings. The second-order valence-electron chi connectivity index (χ2n) is 4.57. The van der Waals surface area contributed by atoms with Crippen LogP contribution in [0.5, 0.6) is 0 Å². The third-order valence-corrected chi connectivity index (χ3v) is 5.18. The largest absolute Gasteiger partial charge is 0.229 e. The number of fused-ring (bicyclic) bond motifs is 1. The molecule has 0 amide bonds. The first-order valence-corrected chi connectivity index (χ1v) is 7.96. The number of hydrogen-bond acceptors (Lipinski definition) is 4. The molecule has 0 radical (unpaired) electrons. The smallest absolute Gasteiger partial charge is 0.155 e. The molecule has 3 rings (SSSR count). The lowest BCUT2D eigenvalue weighted by Crippen LogP contribution is -2.24. The first-order chi connectivity index (χ1) is 8.53. The maximum absolute atomic E-state index is 11.6. The van der Waals surface area contributed by atoms with Crippen LogP contribution in [0.1, 0.15) is 24.6 Å². The molecule has 0 aromatic carbocycles. The Kier molecular flexibility index (Phi) is 2.79. The molecule has 1 atom stereocenters. The first kappa shape index (κ1) is 11.9. The van der Waals surface area contributed by atoms with Crippen molar-refractivity contribution in [2.45, 2.75) is 18.8 Å². The maximum Gasteiger partial charge on any atom is 0.155 e. The van der Waals surface area contributed by atoms with Gasteiger partial charge >= 0.3 is 0 Å². The average molecular weight is 286 g/mol. The minimum absolute atomic E-state index is 0.0950. The molecule has 2 aromatic heterocycles. The second-order valence-corrected chi connectivity index (χ2v) is 7.24. The van der Waals surface area contributed by atoms with Crippen LogP contribution in [0, 0.1) is 0 Å². The van der Waals surface area contributed by atoms with Crippen molar-refractivity contribution >= 4 is 27.1 Å². The zero-order chi connectivity index (χ0) is 12.8. The van der Waals surface area contributed by atoms with E-state index in [1.165, 1.54) is 0 Å². The molecule has 0 bridgehead atoms. The van der Waals surface area contributed by atoms with E-state index in [9.17, 15) is 8.42 Å². The Morgan fingerprint density at radius 1 is 1.39 bits per heavy atom. The van der Waals surface area contributed by atoms with Gasteiger partial charge in [0.2, 0.25) is 0 Å². The van der Waals surface area contributed by atoms with Crippen LogP contribution in [0.25, 0.3) is 5.65 Å². The Hall–Kier alpha value is -1.14. The van der Waals surface area contributed by atoms with Crippen LogP contribution in [-0.2, 0) is 9.84 Å². The lowest BCUT2D eigenvalue weighted by Gasteiger charge is -2.18. The number of pyridine rings is 1. The topological polar surface area (TPSA) is 64.3 Å². The zero-order valence-electron chi connectivity index (χ0n) is 9.58. The highest BCUT2D eigenvalue weighted by Crippen LogP contribution is 2.26. The number of halogens is 1. The number of rotatable bonds is 1. The molecule has 2 aromatic rings. The molecule has 0 spiro atoms. The molecule has 3 heterocycles. The molecule has 0 N–H and O–H groups in total. The fraction of sp³-hybridized carbons (Fsp3) is 0.455. The first-order valence-electron chi connectivity index (χ1n) is 5.76. The summed E-state index contributed by atoms with van der Waals surface area (Å²) in [6, 6.07) is 3.52. The van der Waals surface area contributed by atoms with E-state index in [1.54, 1.807) is 22.8 Å². The summed E-state index contributed by atoms with van der Waals surface area (Å²) in [5.74, 6) is 0.934. The van der Waals surface area contributed by atoms with Crippen molar-refractivity contribution in [2.75, 3.05) is 11.5 Å². The molecule has 5 nitrogen and oxygen atoms in total. The summed E-state index contributed by atoms with van der Waals surface area (Å²) in [6.45, 7) is 0. The van der Waals surface area contributed by atoms with Gasteiger partial charge in [0.25, 0.3) is 0 Å². The Morgan fingerprint density at radius 2 is 2.22 bits per heavy atom. The van der Waals surface area contributed by atoms with Crippen LogP contribution in [0.2, 0.25) is 5.02 Å². The molecule has 1 saturated heterocycles. The summed E-state index contributed by atoms with van der Waals surface area (Å²) in [5, 5.41) is 4.90. The Bertz CT molecular complexity index is 695.